The van der Waals surface area contributed by atoms with Crippen LogP contribution in [0.15, 0.2) is 11.4 Å². The van der Waals surface area contributed by atoms with Crippen molar-refractivity contribution in [3.05, 3.63) is 23.0 Å². The van der Waals surface area contributed by atoms with Gasteiger partial charge in [-0.15, -0.1) is 22.9 Å². The first-order valence-electron chi connectivity index (χ1n) is 7.20. The van der Waals surface area contributed by atoms with E-state index in [1.54, 1.807) is 0 Å². The lowest BCUT2D eigenvalue weighted by molar-refractivity contribution is 0.312. The molecule has 1 aliphatic rings. The second kappa shape index (κ2) is 6.76. The van der Waals surface area contributed by atoms with Crippen LogP contribution in [0.5, 0.6) is 0 Å². The molecule has 0 aliphatic carbocycles. The quantitative estimate of drug-likeness (QED) is 0.864. The maximum Gasteiger partial charge on any atom is 0.188 e. The van der Waals surface area contributed by atoms with Gasteiger partial charge in [0.15, 0.2) is 5.13 Å². The van der Waals surface area contributed by atoms with E-state index in [0.717, 1.165) is 54.5 Å². The fraction of sp³-hybridized carbons (Fsp3) is 0.500. The maximum absolute atomic E-state index is 5.79. The molecule has 0 atom stereocenters. The van der Waals surface area contributed by atoms with Crippen LogP contribution in [0.3, 0.4) is 0 Å². The van der Waals surface area contributed by atoms with E-state index in [0.29, 0.717) is 5.88 Å². The van der Waals surface area contributed by atoms with Crippen molar-refractivity contribution in [2.45, 2.75) is 12.8 Å². The number of aromatic nitrogens is 3. The van der Waals surface area contributed by atoms with E-state index in [1.807, 2.05) is 18.4 Å². The Labute approximate surface area is 139 Å². The standard InChI is InChI=1S/C14H19ClN6S/c1-10-16-12(19-14-18-11(8-15)9-22-14)7-13(17-10)21-5-3-20(2)4-6-21/h7,9H,3-6,8H2,1-2H3,(H,16,17,18,19). The largest absolute Gasteiger partial charge is 0.354 e. The third-order valence-electron chi connectivity index (χ3n) is 3.58. The molecule has 0 unspecified atom stereocenters. The number of thiazole rings is 1. The molecule has 0 saturated carbocycles. The highest BCUT2D eigenvalue weighted by Gasteiger charge is 2.16. The topological polar surface area (TPSA) is 57.2 Å². The third-order valence-corrected chi connectivity index (χ3v) is 4.66. The van der Waals surface area contributed by atoms with Crippen molar-refractivity contribution in [2.24, 2.45) is 0 Å². The Morgan fingerprint density at radius 3 is 2.68 bits per heavy atom. The number of alkyl halides is 1. The molecule has 3 heterocycles. The zero-order valence-electron chi connectivity index (χ0n) is 12.7. The van der Waals surface area contributed by atoms with Gasteiger partial charge in [0, 0.05) is 37.6 Å². The zero-order valence-corrected chi connectivity index (χ0v) is 14.3. The Bertz CT molecular complexity index is 638. The zero-order chi connectivity index (χ0) is 15.5. The van der Waals surface area contributed by atoms with Crippen molar-refractivity contribution < 1.29 is 0 Å². The average molecular weight is 339 g/mol. The lowest BCUT2D eigenvalue weighted by Gasteiger charge is -2.33. The fourth-order valence-corrected chi connectivity index (χ4v) is 3.29. The number of nitrogens with one attached hydrogen (secondary N) is 1. The Hall–Kier alpha value is -1.44. The third kappa shape index (κ3) is 3.66. The summed E-state index contributed by atoms with van der Waals surface area (Å²) >= 11 is 7.32. The van der Waals surface area contributed by atoms with Crippen LogP contribution in [0.25, 0.3) is 0 Å². The minimum Gasteiger partial charge on any atom is -0.354 e. The van der Waals surface area contributed by atoms with Crippen molar-refractivity contribution in [3.63, 3.8) is 0 Å². The van der Waals surface area contributed by atoms with Gasteiger partial charge in [-0.2, -0.15) is 0 Å². The second-order valence-corrected chi connectivity index (χ2v) is 6.48. The molecule has 1 N–H and O–H groups in total. The molecular weight excluding hydrogens is 320 g/mol. The summed E-state index contributed by atoms with van der Waals surface area (Å²) in [5.74, 6) is 2.93. The molecule has 1 fully saturated rings. The summed E-state index contributed by atoms with van der Waals surface area (Å²) in [6.07, 6.45) is 0. The van der Waals surface area contributed by atoms with Crippen LogP contribution in [0, 0.1) is 6.92 Å². The molecule has 1 saturated heterocycles. The van der Waals surface area contributed by atoms with Gasteiger partial charge in [0.2, 0.25) is 0 Å². The van der Waals surface area contributed by atoms with E-state index < -0.39 is 0 Å². The molecule has 0 bridgehead atoms. The number of rotatable bonds is 4. The number of aryl methyl sites for hydroxylation is 1. The minimum atomic E-state index is 0.424. The van der Waals surface area contributed by atoms with Crippen LogP contribution >= 0.6 is 22.9 Å². The number of nitrogens with zero attached hydrogens (tertiary/aromatic N) is 5. The monoisotopic (exact) mass is 338 g/mol. The SMILES string of the molecule is Cc1nc(Nc2nc(CCl)cs2)cc(N2CCN(C)CC2)n1. The molecule has 118 valence electrons. The smallest absolute Gasteiger partial charge is 0.188 e. The lowest BCUT2D eigenvalue weighted by Crippen LogP contribution is -2.44. The molecule has 2 aromatic heterocycles. The van der Waals surface area contributed by atoms with Gasteiger partial charge in [-0.1, -0.05) is 0 Å². The second-order valence-electron chi connectivity index (χ2n) is 5.35. The average Bonchev–Trinajstić information content (AvgIpc) is 2.95. The highest BCUT2D eigenvalue weighted by molar-refractivity contribution is 7.13. The van der Waals surface area contributed by atoms with Gasteiger partial charge in [-0.05, 0) is 14.0 Å². The van der Waals surface area contributed by atoms with E-state index in [2.05, 4.69) is 37.1 Å². The first-order valence-corrected chi connectivity index (χ1v) is 8.62. The number of likely N-dealkylation sites (N-methyl/N-ethyl adjacent to an activating group) is 1. The molecule has 2 aromatic rings. The van der Waals surface area contributed by atoms with Gasteiger partial charge >= 0.3 is 0 Å². The van der Waals surface area contributed by atoms with Crippen LogP contribution in [0.1, 0.15) is 11.5 Å². The first kappa shape index (κ1) is 15.5. The normalized spacial score (nSPS) is 16.0. The predicted molar refractivity (Wildman–Crippen MR) is 91.4 cm³/mol. The predicted octanol–water partition coefficient (Wildman–Crippen LogP) is 2.48. The van der Waals surface area contributed by atoms with Crippen LogP contribution in [-0.4, -0.2) is 53.1 Å². The molecule has 22 heavy (non-hydrogen) atoms. The van der Waals surface area contributed by atoms with Crippen LogP contribution < -0.4 is 10.2 Å². The van der Waals surface area contributed by atoms with E-state index in [9.17, 15) is 0 Å². The fourth-order valence-electron chi connectivity index (χ4n) is 2.35. The Kier molecular flexibility index (Phi) is 4.75. The van der Waals surface area contributed by atoms with Gasteiger partial charge in [-0.3, -0.25) is 0 Å². The van der Waals surface area contributed by atoms with Crippen LogP contribution in [0.4, 0.5) is 16.8 Å². The molecule has 3 rings (SSSR count). The molecule has 0 radical (unpaired) electrons. The summed E-state index contributed by atoms with van der Waals surface area (Å²) in [5, 5.41) is 6.00. The number of halogens is 1. The Balaban J connectivity index is 1.77. The summed E-state index contributed by atoms with van der Waals surface area (Å²) in [4.78, 5) is 18.0. The van der Waals surface area contributed by atoms with E-state index >= 15 is 0 Å². The molecular formula is C14H19ClN6S. The van der Waals surface area contributed by atoms with Crippen molar-refractivity contribution >= 4 is 39.7 Å². The molecule has 1 aliphatic heterocycles. The first-order chi connectivity index (χ1) is 10.6. The van der Waals surface area contributed by atoms with Gasteiger partial charge in [0.05, 0.1) is 11.6 Å². The number of piperazine rings is 1. The van der Waals surface area contributed by atoms with Crippen molar-refractivity contribution in [3.8, 4) is 0 Å². The lowest BCUT2D eigenvalue weighted by atomic mass is 10.3. The molecule has 0 spiro atoms. The molecule has 0 aromatic carbocycles. The molecule has 8 heteroatoms. The highest BCUT2D eigenvalue weighted by atomic mass is 35.5. The van der Waals surface area contributed by atoms with Crippen molar-refractivity contribution in [1.29, 1.82) is 0 Å². The molecule has 6 nitrogen and oxygen atoms in total. The Morgan fingerprint density at radius 2 is 2.00 bits per heavy atom. The maximum atomic E-state index is 5.79. The minimum absolute atomic E-state index is 0.424. The van der Waals surface area contributed by atoms with E-state index in [4.69, 9.17) is 11.6 Å². The summed E-state index contributed by atoms with van der Waals surface area (Å²) in [5.41, 5.74) is 0.874. The summed E-state index contributed by atoms with van der Waals surface area (Å²) in [7, 11) is 2.15. The van der Waals surface area contributed by atoms with Crippen LogP contribution in [0.2, 0.25) is 0 Å². The number of hydrogen-bond donors (Lipinski definition) is 1. The summed E-state index contributed by atoms with van der Waals surface area (Å²) < 4.78 is 0. The number of anilines is 3. The highest BCUT2D eigenvalue weighted by Crippen LogP contribution is 2.23. The van der Waals surface area contributed by atoms with Gasteiger partial charge in [-0.25, -0.2) is 15.0 Å². The molecule has 0 amide bonds. The number of hydrogen-bond acceptors (Lipinski definition) is 7. The summed E-state index contributed by atoms with van der Waals surface area (Å²) in [6, 6.07) is 1.99. The Morgan fingerprint density at radius 1 is 1.23 bits per heavy atom. The summed E-state index contributed by atoms with van der Waals surface area (Å²) in [6.45, 7) is 5.99. The van der Waals surface area contributed by atoms with Gasteiger partial charge < -0.3 is 15.1 Å². The van der Waals surface area contributed by atoms with Gasteiger partial charge in [0.1, 0.15) is 17.5 Å². The van der Waals surface area contributed by atoms with E-state index in [-0.39, 0.29) is 0 Å². The van der Waals surface area contributed by atoms with Crippen molar-refractivity contribution in [2.75, 3.05) is 43.4 Å². The van der Waals surface area contributed by atoms with E-state index in [1.165, 1.54) is 11.3 Å². The van der Waals surface area contributed by atoms with Crippen molar-refractivity contribution in [1.82, 2.24) is 19.9 Å². The van der Waals surface area contributed by atoms with Gasteiger partial charge in [0.25, 0.3) is 0 Å². The van der Waals surface area contributed by atoms with Crippen LogP contribution in [-0.2, 0) is 5.88 Å².